The lowest BCUT2D eigenvalue weighted by Crippen LogP contribution is -2.55. The number of nitrogens with zero attached hydrogens (tertiary/aromatic N) is 1. The molecule has 0 aromatic heterocycles. The Morgan fingerprint density at radius 1 is 1.10 bits per heavy atom. The Labute approximate surface area is 178 Å². The van der Waals surface area contributed by atoms with E-state index in [2.05, 4.69) is 10.6 Å². The van der Waals surface area contributed by atoms with Gasteiger partial charge >= 0.3 is 0 Å². The number of benzene rings is 1. The summed E-state index contributed by atoms with van der Waals surface area (Å²) >= 11 is 6.15. The fourth-order valence-electron chi connectivity index (χ4n) is 3.51. The molecule has 0 bridgehead atoms. The molecule has 0 radical (unpaired) electrons. The van der Waals surface area contributed by atoms with Crippen LogP contribution in [-0.2, 0) is 9.59 Å². The monoisotopic (exact) mass is 421 g/mol. The van der Waals surface area contributed by atoms with Crippen molar-refractivity contribution in [2.24, 2.45) is 11.8 Å². The van der Waals surface area contributed by atoms with Crippen LogP contribution in [0.4, 0.5) is 0 Å². The fourth-order valence-corrected chi connectivity index (χ4v) is 3.74. The van der Waals surface area contributed by atoms with Crippen molar-refractivity contribution in [1.82, 2.24) is 15.5 Å². The molecule has 2 atom stereocenters. The van der Waals surface area contributed by atoms with Gasteiger partial charge in [0.1, 0.15) is 6.04 Å². The summed E-state index contributed by atoms with van der Waals surface area (Å²) in [6, 6.07) is 6.15. The topological polar surface area (TPSA) is 78.5 Å². The van der Waals surface area contributed by atoms with Crippen molar-refractivity contribution < 1.29 is 14.4 Å². The van der Waals surface area contributed by atoms with Gasteiger partial charge in [-0.2, -0.15) is 0 Å². The molecular formula is C22H32ClN3O3. The molecule has 2 rings (SSSR count). The molecule has 1 aromatic rings. The molecule has 6 nitrogen and oxygen atoms in total. The Hall–Kier alpha value is -2.08. The molecule has 0 spiro atoms. The van der Waals surface area contributed by atoms with Gasteiger partial charge in [-0.05, 0) is 44.2 Å². The lowest BCUT2D eigenvalue weighted by atomic mass is 9.88. The SMILES string of the molecule is CC[C@H](C)NC(=O)[C@@H](NC(=O)c1ccccc1Cl)C1CCN(C(=O)C(C)C)CC1. The molecule has 1 aromatic carbocycles. The molecule has 1 aliphatic rings. The van der Waals surface area contributed by atoms with Crippen LogP contribution in [0, 0.1) is 11.8 Å². The Balaban J connectivity index is 2.13. The van der Waals surface area contributed by atoms with Crippen LogP contribution in [0.5, 0.6) is 0 Å². The number of hydrogen-bond donors (Lipinski definition) is 2. The Morgan fingerprint density at radius 3 is 2.28 bits per heavy atom. The zero-order chi connectivity index (χ0) is 21.6. The van der Waals surface area contributed by atoms with Crippen LogP contribution in [-0.4, -0.2) is 47.8 Å². The highest BCUT2D eigenvalue weighted by atomic mass is 35.5. The second-order valence-corrected chi connectivity index (χ2v) is 8.47. The van der Waals surface area contributed by atoms with Gasteiger partial charge < -0.3 is 15.5 Å². The van der Waals surface area contributed by atoms with Crippen molar-refractivity contribution in [2.75, 3.05) is 13.1 Å². The van der Waals surface area contributed by atoms with Crippen LogP contribution >= 0.6 is 11.6 Å². The number of rotatable bonds is 7. The lowest BCUT2D eigenvalue weighted by Gasteiger charge is -2.36. The summed E-state index contributed by atoms with van der Waals surface area (Å²) in [6.45, 7) is 8.90. The van der Waals surface area contributed by atoms with Gasteiger partial charge in [-0.1, -0.05) is 44.5 Å². The van der Waals surface area contributed by atoms with Gasteiger partial charge in [0.15, 0.2) is 0 Å². The number of hydrogen-bond acceptors (Lipinski definition) is 3. The average Bonchev–Trinajstić information content (AvgIpc) is 2.71. The summed E-state index contributed by atoms with van der Waals surface area (Å²) < 4.78 is 0. The van der Waals surface area contributed by atoms with Crippen LogP contribution in [0.2, 0.25) is 5.02 Å². The number of halogens is 1. The maximum Gasteiger partial charge on any atom is 0.253 e. The molecule has 0 aliphatic carbocycles. The van der Waals surface area contributed by atoms with Gasteiger partial charge in [-0.15, -0.1) is 0 Å². The summed E-state index contributed by atoms with van der Waals surface area (Å²) in [4.78, 5) is 39.9. The van der Waals surface area contributed by atoms with Crippen molar-refractivity contribution in [1.29, 1.82) is 0 Å². The number of likely N-dealkylation sites (tertiary alicyclic amines) is 1. The molecule has 3 amide bonds. The zero-order valence-electron chi connectivity index (χ0n) is 17.7. The van der Waals surface area contributed by atoms with E-state index in [0.29, 0.717) is 36.5 Å². The van der Waals surface area contributed by atoms with E-state index < -0.39 is 6.04 Å². The largest absolute Gasteiger partial charge is 0.352 e. The predicted molar refractivity (Wildman–Crippen MR) is 115 cm³/mol. The first-order valence-corrected chi connectivity index (χ1v) is 10.8. The van der Waals surface area contributed by atoms with E-state index in [9.17, 15) is 14.4 Å². The number of piperidine rings is 1. The molecule has 1 aliphatic heterocycles. The van der Waals surface area contributed by atoms with Gasteiger partial charge in [0, 0.05) is 25.0 Å². The molecule has 1 heterocycles. The molecule has 1 fully saturated rings. The maximum absolute atomic E-state index is 12.9. The molecular weight excluding hydrogens is 390 g/mol. The summed E-state index contributed by atoms with van der Waals surface area (Å²) in [6.07, 6.45) is 2.14. The average molecular weight is 422 g/mol. The van der Waals surface area contributed by atoms with Gasteiger partial charge in [0.05, 0.1) is 10.6 Å². The predicted octanol–water partition coefficient (Wildman–Crippen LogP) is 3.25. The van der Waals surface area contributed by atoms with Gasteiger partial charge in [0.25, 0.3) is 5.91 Å². The lowest BCUT2D eigenvalue weighted by molar-refractivity contribution is -0.136. The molecule has 7 heteroatoms. The normalized spacial score (nSPS) is 17.0. The molecule has 29 heavy (non-hydrogen) atoms. The standard InChI is InChI=1S/C22H32ClN3O3/c1-5-15(4)24-21(28)19(25-20(27)17-8-6-7-9-18(17)23)16-10-12-26(13-11-16)22(29)14(2)3/h6-9,14-16,19H,5,10-13H2,1-4H3,(H,24,28)(H,25,27)/t15-,19-/m0/s1. The van der Waals surface area contributed by atoms with Crippen LogP contribution in [0.25, 0.3) is 0 Å². The summed E-state index contributed by atoms with van der Waals surface area (Å²) in [5.41, 5.74) is 0.350. The van der Waals surface area contributed by atoms with Gasteiger partial charge in [-0.3, -0.25) is 14.4 Å². The Bertz CT molecular complexity index is 730. The quantitative estimate of drug-likeness (QED) is 0.709. The minimum absolute atomic E-state index is 0.0184. The first kappa shape index (κ1) is 23.2. The first-order chi connectivity index (χ1) is 13.7. The highest BCUT2D eigenvalue weighted by Crippen LogP contribution is 2.23. The van der Waals surface area contributed by atoms with Crippen molar-refractivity contribution in [2.45, 2.75) is 59.0 Å². The second-order valence-electron chi connectivity index (χ2n) is 8.07. The Morgan fingerprint density at radius 2 is 1.72 bits per heavy atom. The number of carbonyl (C=O) groups is 3. The molecule has 2 N–H and O–H groups in total. The third kappa shape index (κ3) is 6.20. The number of amides is 3. The second kappa shape index (κ2) is 10.6. The number of nitrogens with one attached hydrogen (secondary N) is 2. The molecule has 160 valence electrons. The smallest absolute Gasteiger partial charge is 0.253 e. The minimum Gasteiger partial charge on any atom is -0.352 e. The van der Waals surface area contributed by atoms with Crippen molar-refractivity contribution >= 4 is 29.3 Å². The third-order valence-corrected chi connectivity index (χ3v) is 5.83. The maximum atomic E-state index is 12.9. The third-order valence-electron chi connectivity index (χ3n) is 5.51. The van der Waals surface area contributed by atoms with E-state index in [1.54, 1.807) is 24.3 Å². The van der Waals surface area contributed by atoms with Crippen molar-refractivity contribution in [3.8, 4) is 0 Å². The zero-order valence-corrected chi connectivity index (χ0v) is 18.5. The first-order valence-electron chi connectivity index (χ1n) is 10.4. The van der Waals surface area contributed by atoms with Crippen molar-refractivity contribution in [3.63, 3.8) is 0 Å². The highest BCUT2D eigenvalue weighted by molar-refractivity contribution is 6.33. The minimum atomic E-state index is -0.663. The van der Waals surface area contributed by atoms with Crippen LogP contribution < -0.4 is 10.6 Å². The van der Waals surface area contributed by atoms with E-state index in [0.717, 1.165) is 6.42 Å². The van der Waals surface area contributed by atoms with Gasteiger partial charge in [0.2, 0.25) is 11.8 Å². The van der Waals surface area contributed by atoms with E-state index in [4.69, 9.17) is 11.6 Å². The summed E-state index contributed by atoms with van der Waals surface area (Å²) in [5, 5.41) is 6.23. The van der Waals surface area contributed by atoms with Crippen LogP contribution in [0.15, 0.2) is 24.3 Å². The highest BCUT2D eigenvalue weighted by Gasteiger charge is 2.34. The van der Waals surface area contributed by atoms with E-state index >= 15 is 0 Å². The Kier molecular flexibility index (Phi) is 8.50. The van der Waals surface area contributed by atoms with E-state index in [1.165, 1.54) is 0 Å². The van der Waals surface area contributed by atoms with Crippen molar-refractivity contribution in [3.05, 3.63) is 34.9 Å². The molecule has 0 saturated carbocycles. The molecule has 0 unspecified atom stereocenters. The molecule has 1 saturated heterocycles. The van der Waals surface area contributed by atoms with Gasteiger partial charge in [-0.25, -0.2) is 0 Å². The summed E-state index contributed by atoms with van der Waals surface area (Å²) in [7, 11) is 0. The fraction of sp³-hybridized carbons (Fsp3) is 0.591. The number of carbonyl (C=O) groups excluding carboxylic acids is 3. The van der Waals surface area contributed by atoms with Crippen LogP contribution in [0.1, 0.15) is 57.3 Å². The summed E-state index contributed by atoms with van der Waals surface area (Å²) in [5.74, 6) is -0.504. The van der Waals surface area contributed by atoms with E-state index in [1.807, 2.05) is 32.6 Å². The van der Waals surface area contributed by atoms with Crippen LogP contribution in [0.3, 0.4) is 0 Å². The van der Waals surface area contributed by atoms with E-state index in [-0.39, 0.29) is 35.6 Å².